The molecule has 0 heterocycles. The second-order valence-electron chi connectivity index (χ2n) is 6.10. The molecule has 146 valence electrons. The van der Waals surface area contributed by atoms with Crippen LogP contribution < -0.4 is 14.4 Å². The van der Waals surface area contributed by atoms with Gasteiger partial charge in [-0.25, -0.2) is 8.42 Å². The Labute approximate surface area is 165 Å². The molecule has 0 spiro atoms. The van der Waals surface area contributed by atoms with Gasteiger partial charge in [-0.05, 0) is 55.3 Å². The second kappa shape index (κ2) is 9.10. The zero-order valence-corrected chi connectivity index (χ0v) is 17.1. The van der Waals surface area contributed by atoms with E-state index >= 15 is 0 Å². The van der Waals surface area contributed by atoms with Crippen LogP contribution in [0.1, 0.15) is 18.4 Å². The lowest BCUT2D eigenvalue weighted by Crippen LogP contribution is -2.32. The smallest absolute Gasteiger partial charge is 0.232 e. The van der Waals surface area contributed by atoms with E-state index < -0.39 is 10.0 Å². The summed E-state index contributed by atoms with van der Waals surface area (Å²) in [5, 5.41) is 3.28. The van der Waals surface area contributed by atoms with Gasteiger partial charge in [0, 0.05) is 23.7 Å². The van der Waals surface area contributed by atoms with Crippen molar-refractivity contribution in [3.8, 4) is 5.75 Å². The molecule has 0 radical (unpaired) electrons. The number of amides is 1. The summed E-state index contributed by atoms with van der Waals surface area (Å²) < 4.78 is 30.7. The summed E-state index contributed by atoms with van der Waals surface area (Å²) in [5.74, 6) is 0.519. The van der Waals surface area contributed by atoms with Gasteiger partial charge in [0.25, 0.3) is 0 Å². The van der Waals surface area contributed by atoms with E-state index in [-0.39, 0.29) is 18.9 Å². The Morgan fingerprint density at radius 3 is 2.44 bits per heavy atom. The molecule has 0 saturated heterocycles. The van der Waals surface area contributed by atoms with Crippen molar-refractivity contribution in [2.75, 3.05) is 29.5 Å². The highest BCUT2D eigenvalue weighted by Crippen LogP contribution is 2.28. The summed E-state index contributed by atoms with van der Waals surface area (Å²) in [6, 6.07) is 12.1. The van der Waals surface area contributed by atoms with Crippen molar-refractivity contribution in [1.82, 2.24) is 0 Å². The number of halogens is 1. The molecular weight excluding hydrogens is 388 g/mol. The number of hydrogen-bond donors (Lipinski definition) is 1. The van der Waals surface area contributed by atoms with Gasteiger partial charge in [0.05, 0.1) is 19.1 Å². The van der Waals surface area contributed by atoms with Crippen molar-refractivity contribution in [3.63, 3.8) is 0 Å². The van der Waals surface area contributed by atoms with Crippen LogP contribution in [0.15, 0.2) is 42.5 Å². The first-order chi connectivity index (χ1) is 12.7. The van der Waals surface area contributed by atoms with E-state index in [0.717, 1.165) is 6.26 Å². The molecule has 2 aromatic carbocycles. The monoisotopic (exact) mass is 410 g/mol. The molecule has 0 aromatic heterocycles. The summed E-state index contributed by atoms with van der Waals surface area (Å²) >= 11 is 6.11. The van der Waals surface area contributed by atoms with Gasteiger partial charge in [0.1, 0.15) is 5.75 Å². The number of carbonyl (C=O) groups is 1. The lowest BCUT2D eigenvalue weighted by molar-refractivity contribution is -0.116. The molecule has 0 unspecified atom stereocenters. The molecule has 1 N–H and O–H groups in total. The molecule has 0 aliphatic heterocycles. The Bertz CT molecular complexity index is 898. The van der Waals surface area contributed by atoms with Crippen LogP contribution in [0.3, 0.4) is 0 Å². The lowest BCUT2D eigenvalue weighted by atomic mass is 10.2. The predicted octanol–water partition coefficient (Wildman–Crippen LogP) is 3.84. The largest absolute Gasteiger partial charge is 0.497 e. The van der Waals surface area contributed by atoms with Crippen LogP contribution in [0.2, 0.25) is 5.02 Å². The molecule has 0 fully saturated rings. The average molecular weight is 411 g/mol. The number of nitrogens with one attached hydrogen (secondary N) is 1. The number of benzene rings is 2. The zero-order valence-electron chi connectivity index (χ0n) is 15.5. The van der Waals surface area contributed by atoms with Crippen LogP contribution in [-0.4, -0.2) is 34.2 Å². The van der Waals surface area contributed by atoms with Gasteiger partial charge in [0.2, 0.25) is 15.9 Å². The molecule has 1 amide bonds. The van der Waals surface area contributed by atoms with Crippen molar-refractivity contribution >= 4 is 38.9 Å². The van der Waals surface area contributed by atoms with Crippen molar-refractivity contribution in [2.24, 2.45) is 0 Å². The zero-order chi connectivity index (χ0) is 20.0. The van der Waals surface area contributed by atoms with E-state index in [4.69, 9.17) is 16.3 Å². The Morgan fingerprint density at radius 1 is 1.19 bits per heavy atom. The minimum Gasteiger partial charge on any atom is -0.497 e. The number of methoxy groups -OCH3 is 1. The number of hydrogen-bond acceptors (Lipinski definition) is 4. The summed E-state index contributed by atoms with van der Waals surface area (Å²) in [6.45, 7) is 1.96. The maximum atomic E-state index is 12.2. The number of anilines is 2. The van der Waals surface area contributed by atoms with E-state index in [9.17, 15) is 13.2 Å². The van der Waals surface area contributed by atoms with Crippen molar-refractivity contribution in [3.05, 3.63) is 53.1 Å². The molecule has 2 rings (SSSR count). The summed E-state index contributed by atoms with van der Waals surface area (Å²) in [5.41, 5.74) is 1.87. The molecule has 6 nitrogen and oxygen atoms in total. The Balaban J connectivity index is 1.99. The molecular formula is C19H23ClN2O4S. The fraction of sp³-hybridized carbons (Fsp3) is 0.316. The molecule has 0 aliphatic rings. The molecule has 0 aliphatic carbocycles. The first kappa shape index (κ1) is 21.1. The molecule has 0 atom stereocenters. The quantitative estimate of drug-likeness (QED) is 0.717. The van der Waals surface area contributed by atoms with E-state index in [1.165, 1.54) is 4.31 Å². The summed E-state index contributed by atoms with van der Waals surface area (Å²) in [7, 11) is -1.92. The Morgan fingerprint density at radius 2 is 1.85 bits per heavy atom. The van der Waals surface area contributed by atoms with Gasteiger partial charge in [-0.1, -0.05) is 17.7 Å². The highest BCUT2D eigenvalue weighted by molar-refractivity contribution is 7.92. The van der Waals surface area contributed by atoms with Crippen LogP contribution in [0.25, 0.3) is 0 Å². The highest BCUT2D eigenvalue weighted by Gasteiger charge is 2.20. The molecule has 0 bridgehead atoms. The van der Waals surface area contributed by atoms with E-state index in [0.29, 0.717) is 34.1 Å². The van der Waals surface area contributed by atoms with Crippen LogP contribution in [0.4, 0.5) is 11.4 Å². The topological polar surface area (TPSA) is 75.7 Å². The summed E-state index contributed by atoms with van der Waals surface area (Å²) in [6.07, 6.45) is 1.71. The molecule has 0 saturated carbocycles. The standard InChI is InChI=1S/C19H23ClN2O4S/c1-14-17(20)6-4-7-18(14)22(27(3,24)25)13-5-8-19(23)21-15-9-11-16(26-2)12-10-15/h4,6-7,9-12H,5,8,13H2,1-3H3,(H,21,23). The molecule has 2 aromatic rings. The number of sulfonamides is 1. The van der Waals surface area contributed by atoms with Crippen LogP contribution in [0, 0.1) is 6.92 Å². The third kappa shape index (κ3) is 5.87. The minimum absolute atomic E-state index is 0.184. The van der Waals surface area contributed by atoms with Crippen molar-refractivity contribution in [2.45, 2.75) is 19.8 Å². The maximum absolute atomic E-state index is 12.2. The fourth-order valence-electron chi connectivity index (χ4n) is 2.61. The SMILES string of the molecule is COc1ccc(NC(=O)CCCN(c2cccc(Cl)c2C)S(C)(=O)=O)cc1. The van der Waals surface area contributed by atoms with Gasteiger partial charge < -0.3 is 10.1 Å². The fourth-order valence-corrected chi connectivity index (χ4v) is 3.80. The van der Waals surface area contributed by atoms with Gasteiger partial charge >= 0.3 is 0 Å². The number of carbonyl (C=O) groups excluding carboxylic acids is 1. The van der Waals surface area contributed by atoms with Crippen LogP contribution >= 0.6 is 11.6 Å². The van der Waals surface area contributed by atoms with Gasteiger partial charge in [-0.3, -0.25) is 9.10 Å². The number of nitrogens with zero attached hydrogens (tertiary/aromatic N) is 1. The maximum Gasteiger partial charge on any atom is 0.232 e. The first-order valence-electron chi connectivity index (χ1n) is 8.39. The van der Waals surface area contributed by atoms with E-state index in [1.807, 2.05) is 0 Å². The van der Waals surface area contributed by atoms with E-state index in [2.05, 4.69) is 5.32 Å². The van der Waals surface area contributed by atoms with Crippen molar-refractivity contribution < 1.29 is 17.9 Å². The van der Waals surface area contributed by atoms with Crippen LogP contribution in [0.5, 0.6) is 5.75 Å². The van der Waals surface area contributed by atoms with Gasteiger partial charge in [-0.15, -0.1) is 0 Å². The van der Waals surface area contributed by atoms with E-state index in [1.54, 1.807) is 56.5 Å². The average Bonchev–Trinajstić information content (AvgIpc) is 2.61. The number of rotatable bonds is 8. The summed E-state index contributed by atoms with van der Waals surface area (Å²) in [4.78, 5) is 12.1. The first-order valence-corrected chi connectivity index (χ1v) is 10.6. The normalized spacial score (nSPS) is 11.1. The predicted molar refractivity (Wildman–Crippen MR) is 109 cm³/mol. The van der Waals surface area contributed by atoms with Crippen molar-refractivity contribution in [1.29, 1.82) is 0 Å². The Hall–Kier alpha value is -2.25. The number of ether oxygens (including phenoxy) is 1. The third-order valence-corrected chi connectivity index (χ3v) is 5.64. The minimum atomic E-state index is -3.49. The Kier molecular flexibility index (Phi) is 7.10. The molecule has 8 heteroatoms. The van der Waals surface area contributed by atoms with Crippen LogP contribution in [-0.2, 0) is 14.8 Å². The lowest BCUT2D eigenvalue weighted by Gasteiger charge is -2.24. The van der Waals surface area contributed by atoms with Gasteiger partial charge in [0.15, 0.2) is 0 Å². The second-order valence-corrected chi connectivity index (χ2v) is 8.41. The van der Waals surface area contributed by atoms with Gasteiger partial charge in [-0.2, -0.15) is 0 Å². The highest BCUT2D eigenvalue weighted by atomic mass is 35.5. The molecule has 27 heavy (non-hydrogen) atoms. The third-order valence-electron chi connectivity index (χ3n) is 4.05.